The Kier molecular flexibility index (Phi) is 6.23. The molecule has 0 unspecified atom stereocenters. The molecule has 0 fully saturated rings. The second kappa shape index (κ2) is 8.84. The molecule has 0 aliphatic carbocycles. The lowest BCUT2D eigenvalue weighted by Gasteiger charge is -2.10. The number of anilines is 1. The number of nitrogens with one attached hydrogen (secondary N) is 1. The van der Waals surface area contributed by atoms with Crippen molar-refractivity contribution in [3.05, 3.63) is 87.7 Å². The van der Waals surface area contributed by atoms with E-state index in [-0.39, 0.29) is 5.57 Å². The lowest BCUT2D eigenvalue weighted by molar-refractivity contribution is -0.112. The van der Waals surface area contributed by atoms with Gasteiger partial charge in [0, 0.05) is 22.8 Å². The van der Waals surface area contributed by atoms with E-state index in [1.807, 2.05) is 58.0 Å². The molecule has 1 amide bonds. The normalized spacial score (nSPS) is 11.3. The molecular formula is C26H27N3O. The van der Waals surface area contributed by atoms with E-state index < -0.39 is 5.91 Å². The van der Waals surface area contributed by atoms with Gasteiger partial charge in [-0.15, -0.1) is 0 Å². The summed E-state index contributed by atoms with van der Waals surface area (Å²) in [7, 11) is 0. The minimum atomic E-state index is -0.405. The highest BCUT2D eigenvalue weighted by Gasteiger charge is 2.14. The fourth-order valence-corrected chi connectivity index (χ4v) is 3.53. The van der Waals surface area contributed by atoms with Crippen molar-refractivity contribution in [1.29, 1.82) is 5.26 Å². The molecule has 1 N–H and O–H groups in total. The summed E-state index contributed by atoms with van der Waals surface area (Å²) in [6.07, 6.45) is 2.66. The van der Waals surface area contributed by atoms with Gasteiger partial charge in [0.2, 0.25) is 0 Å². The van der Waals surface area contributed by atoms with E-state index in [1.165, 1.54) is 5.56 Å². The Bertz CT molecular complexity index is 1160. The Balaban J connectivity index is 1.91. The Morgan fingerprint density at radius 3 is 2.33 bits per heavy atom. The number of amides is 1. The molecule has 0 saturated heterocycles. The fourth-order valence-electron chi connectivity index (χ4n) is 3.53. The van der Waals surface area contributed by atoms with E-state index in [0.29, 0.717) is 5.69 Å². The molecule has 0 aliphatic rings. The van der Waals surface area contributed by atoms with Gasteiger partial charge in [-0.3, -0.25) is 4.79 Å². The number of nitrogens with zero attached hydrogens (tertiary/aromatic N) is 2. The third-order valence-corrected chi connectivity index (χ3v) is 5.50. The fraction of sp³-hybridized carbons (Fsp3) is 0.231. The van der Waals surface area contributed by atoms with Crippen molar-refractivity contribution in [2.24, 2.45) is 0 Å². The number of hydrogen-bond acceptors (Lipinski definition) is 2. The third kappa shape index (κ3) is 4.36. The maximum absolute atomic E-state index is 12.7. The molecule has 2 aromatic carbocycles. The first-order chi connectivity index (χ1) is 14.3. The molecule has 4 nitrogen and oxygen atoms in total. The lowest BCUT2D eigenvalue weighted by atomic mass is 10.1. The SMILES string of the molecule is CCc1ccc(-n2c(C)cc(/C=C(/C#N)C(=O)Nc3ccc(C)c(C)c3)c2C)cc1. The van der Waals surface area contributed by atoms with Crippen molar-refractivity contribution in [2.45, 2.75) is 41.0 Å². The molecule has 30 heavy (non-hydrogen) atoms. The maximum Gasteiger partial charge on any atom is 0.266 e. The van der Waals surface area contributed by atoms with E-state index in [9.17, 15) is 10.1 Å². The minimum Gasteiger partial charge on any atom is -0.321 e. The standard InChI is InChI=1S/C26H27N3O/c1-6-21-8-11-25(12-9-21)29-19(4)14-22(20(29)5)15-23(16-27)26(30)28-24-10-7-17(2)18(3)13-24/h7-15H,6H2,1-5H3,(H,28,30)/b23-15-. The summed E-state index contributed by atoms with van der Waals surface area (Å²) >= 11 is 0. The summed E-state index contributed by atoms with van der Waals surface area (Å²) in [5.74, 6) is -0.405. The summed E-state index contributed by atoms with van der Waals surface area (Å²) in [5.41, 5.74) is 8.27. The van der Waals surface area contributed by atoms with E-state index in [1.54, 1.807) is 6.08 Å². The van der Waals surface area contributed by atoms with Crippen LogP contribution >= 0.6 is 0 Å². The van der Waals surface area contributed by atoms with Gasteiger partial charge in [0.1, 0.15) is 11.6 Å². The monoisotopic (exact) mass is 397 g/mol. The number of nitriles is 1. The highest BCUT2D eigenvalue weighted by atomic mass is 16.1. The Hall–Kier alpha value is -3.58. The highest BCUT2D eigenvalue weighted by molar-refractivity contribution is 6.09. The highest BCUT2D eigenvalue weighted by Crippen LogP contribution is 2.24. The molecule has 1 aromatic heterocycles. The van der Waals surface area contributed by atoms with Crippen molar-refractivity contribution in [1.82, 2.24) is 4.57 Å². The Morgan fingerprint density at radius 1 is 1.03 bits per heavy atom. The molecule has 3 rings (SSSR count). The second-order valence-corrected chi connectivity index (χ2v) is 7.60. The predicted octanol–water partition coefficient (Wildman–Crippen LogP) is 5.82. The van der Waals surface area contributed by atoms with Gasteiger partial charge in [-0.1, -0.05) is 25.1 Å². The van der Waals surface area contributed by atoms with Crippen LogP contribution in [0.15, 0.2) is 54.1 Å². The van der Waals surface area contributed by atoms with Crippen LogP contribution in [0.5, 0.6) is 0 Å². The molecule has 3 aromatic rings. The largest absolute Gasteiger partial charge is 0.321 e. The van der Waals surface area contributed by atoms with Crippen LogP contribution in [-0.4, -0.2) is 10.5 Å². The van der Waals surface area contributed by atoms with Gasteiger partial charge in [-0.05, 0) is 92.8 Å². The van der Waals surface area contributed by atoms with Gasteiger partial charge in [-0.2, -0.15) is 5.26 Å². The van der Waals surface area contributed by atoms with Crippen molar-refractivity contribution in [2.75, 3.05) is 5.32 Å². The molecule has 0 spiro atoms. The summed E-state index contributed by atoms with van der Waals surface area (Å²) in [5, 5.41) is 12.4. The Morgan fingerprint density at radius 2 is 1.73 bits per heavy atom. The zero-order valence-corrected chi connectivity index (χ0v) is 18.2. The summed E-state index contributed by atoms with van der Waals surface area (Å²) in [6, 6.07) is 18.2. The summed E-state index contributed by atoms with van der Waals surface area (Å²) in [4.78, 5) is 12.7. The van der Waals surface area contributed by atoms with Crippen LogP contribution in [0, 0.1) is 39.0 Å². The molecule has 1 heterocycles. The first-order valence-electron chi connectivity index (χ1n) is 10.1. The van der Waals surface area contributed by atoms with Gasteiger partial charge in [-0.25, -0.2) is 0 Å². The zero-order chi connectivity index (χ0) is 21.8. The van der Waals surface area contributed by atoms with Gasteiger partial charge in [0.05, 0.1) is 0 Å². The number of carbonyl (C=O) groups is 1. The molecule has 0 bridgehead atoms. The first kappa shape index (κ1) is 21.1. The van der Waals surface area contributed by atoms with Crippen molar-refractivity contribution in [3.8, 4) is 11.8 Å². The quantitative estimate of drug-likeness (QED) is 0.436. The van der Waals surface area contributed by atoms with E-state index in [0.717, 1.165) is 40.2 Å². The number of rotatable bonds is 5. The predicted molar refractivity (Wildman–Crippen MR) is 123 cm³/mol. The number of carbonyl (C=O) groups excluding carboxylic acids is 1. The van der Waals surface area contributed by atoms with Gasteiger partial charge in [0.15, 0.2) is 0 Å². The van der Waals surface area contributed by atoms with Crippen molar-refractivity contribution < 1.29 is 4.79 Å². The van der Waals surface area contributed by atoms with Crippen LogP contribution in [0.1, 0.15) is 40.6 Å². The first-order valence-corrected chi connectivity index (χ1v) is 10.1. The zero-order valence-electron chi connectivity index (χ0n) is 18.2. The van der Waals surface area contributed by atoms with Crippen LogP contribution < -0.4 is 5.32 Å². The molecule has 0 aliphatic heterocycles. The average Bonchev–Trinajstić information content (AvgIpc) is 3.01. The van der Waals surface area contributed by atoms with Crippen molar-refractivity contribution >= 4 is 17.7 Å². The molecule has 0 radical (unpaired) electrons. The minimum absolute atomic E-state index is 0.0785. The molecule has 0 saturated carbocycles. The van der Waals surface area contributed by atoms with Gasteiger partial charge < -0.3 is 9.88 Å². The summed E-state index contributed by atoms with van der Waals surface area (Å²) < 4.78 is 2.14. The van der Waals surface area contributed by atoms with Crippen LogP contribution in [-0.2, 0) is 11.2 Å². The molecule has 0 atom stereocenters. The number of hydrogen-bond donors (Lipinski definition) is 1. The van der Waals surface area contributed by atoms with Crippen LogP contribution in [0.4, 0.5) is 5.69 Å². The third-order valence-electron chi connectivity index (χ3n) is 5.50. The molecular weight excluding hydrogens is 370 g/mol. The summed E-state index contributed by atoms with van der Waals surface area (Å²) in [6.45, 7) is 10.2. The number of benzene rings is 2. The number of aryl methyl sites for hydroxylation is 4. The van der Waals surface area contributed by atoms with Crippen LogP contribution in [0.3, 0.4) is 0 Å². The lowest BCUT2D eigenvalue weighted by Crippen LogP contribution is -2.13. The van der Waals surface area contributed by atoms with Crippen molar-refractivity contribution in [3.63, 3.8) is 0 Å². The molecule has 152 valence electrons. The van der Waals surface area contributed by atoms with E-state index >= 15 is 0 Å². The van der Waals surface area contributed by atoms with E-state index in [4.69, 9.17) is 0 Å². The van der Waals surface area contributed by atoms with Gasteiger partial charge >= 0.3 is 0 Å². The maximum atomic E-state index is 12.7. The van der Waals surface area contributed by atoms with Crippen LogP contribution in [0.2, 0.25) is 0 Å². The van der Waals surface area contributed by atoms with E-state index in [2.05, 4.69) is 41.1 Å². The average molecular weight is 398 g/mol. The second-order valence-electron chi connectivity index (χ2n) is 7.60. The molecule has 4 heteroatoms. The number of aromatic nitrogens is 1. The van der Waals surface area contributed by atoms with Crippen LogP contribution in [0.25, 0.3) is 11.8 Å². The topological polar surface area (TPSA) is 57.8 Å². The smallest absolute Gasteiger partial charge is 0.266 e. The Labute approximate surface area is 178 Å². The van der Waals surface area contributed by atoms with Gasteiger partial charge in [0.25, 0.3) is 5.91 Å².